The van der Waals surface area contributed by atoms with E-state index in [0.717, 1.165) is 10.0 Å². The maximum atomic E-state index is 13.9. The molecule has 112 valence electrons. The summed E-state index contributed by atoms with van der Waals surface area (Å²) in [5.41, 5.74) is 1.37. The second kappa shape index (κ2) is 6.91. The van der Waals surface area contributed by atoms with E-state index in [0.29, 0.717) is 11.3 Å². The second-order valence-corrected chi connectivity index (χ2v) is 5.47. The first-order valence-electron chi connectivity index (χ1n) is 6.44. The summed E-state index contributed by atoms with van der Waals surface area (Å²) < 4.78 is 25.4. The van der Waals surface area contributed by atoms with Gasteiger partial charge in [-0.15, -0.1) is 0 Å². The lowest BCUT2D eigenvalue weighted by molar-refractivity contribution is 0.198. The van der Waals surface area contributed by atoms with Crippen molar-refractivity contribution in [3.05, 3.63) is 57.8 Å². The number of aliphatic hydroxyl groups excluding tert-OH is 1. The Morgan fingerprint density at radius 3 is 2.62 bits per heavy atom. The fraction of sp³-hybridized carbons (Fsp3) is 0.250. The van der Waals surface area contributed by atoms with Crippen LogP contribution in [0.25, 0.3) is 0 Å². The highest BCUT2D eigenvalue weighted by atomic mass is 79.9. The number of hydrogen-bond acceptors (Lipinski definition) is 3. The van der Waals surface area contributed by atoms with E-state index in [1.165, 1.54) is 12.1 Å². The maximum Gasteiger partial charge on any atom is 0.165 e. The van der Waals surface area contributed by atoms with Crippen molar-refractivity contribution in [1.29, 1.82) is 0 Å². The molecule has 0 spiro atoms. The standard InChI is InChI=1S/C16H16BrFO3/c1-10(19)11-3-6-16(15(18)8-11)21-9-12-7-13(20-2)4-5-14(12)17/h3-8,10,19H,9H2,1-2H3. The topological polar surface area (TPSA) is 38.7 Å². The van der Waals surface area contributed by atoms with Crippen molar-refractivity contribution < 1.29 is 19.0 Å². The number of ether oxygens (including phenoxy) is 2. The van der Waals surface area contributed by atoms with Gasteiger partial charge in [-0.05, 0) is 42.8 Å². The zero-order valence-corrected chi connectivity index (χ0v) is 13.4. The van der Waals surface area contributed by atoms with Crippen molar-refractivity contribution in [2.24, 2.45) is 0 Å². The third kappa shape index (κ3) is 3.95. The molecule has 2 rings (SSSR count). The molecule has 0 saturated heterocycles. The number of benzene rings is 2. The summed E-state index contributed by atoms with van der Waals surface area (Å²) in [5, 5.41) is 9.41. The Balaban J connectivity index is 2.13. The van der Waals surface area contributed by atoms with Crippen LogP contribution in [0.4, 0.5) is 4.39 Å². The largest absolute Gasteiger partial charge is 0.497 e. The smallest absolute Gasteiger partial charge is 0.165 e. The first-order chi connectivity index (χ1) is 10.0. The van der Waals surface area contributed by atoms with Gasteiger partial charge in [-0.3, -0.25) is 0 Å². The first kappa shape index (κ1) is 15.8. The average molecular weight is 355 g/mol. The van der Waals surface area contributed by atoms with Gasteiger partial charge in [0.05, 0.1) is 13.2 Å². The minimum absolute atomic E-state index is 0.147. The maximum absolute atomic E-state index is 13.9. The summed E-state index contributed by atoms with van der Waals surface area (Å²) >= 11 is 3.42. The van der Waals surface area contributed by atoms with Crippen LogP contribution in [0.3, 0.4) is 0 Å². The monoisotopic (exact) mass is 354 g/mol. The highest BCUT2D eigenvalue weighted by molar-refractivity contribution is 9.10. The number of methoxy groups -OCH3 is 1. The molecule has 0 saturated carbocycles. The number of hydrogen-bond donors (Lipinski definition) is 1. The highest BCUT2D eigenvalue weighted by Crippen LogP contribution is 2.26. The molecule has 2 aromatic rings. The van der Waals surface area contributed by atoms with Gasteiger partial charge in [-0.25, -0.2) is 4.39 Å². The van der Waals surface area contributed by atoms with Gasteiger partial charge in [0.2, 0.25) is 0 Å². The number of halogens is 2. The quantitative estimate of drug-likeness (QED) is 0.873. The summed E-state index contributed by atoms with van der Waals surface area (Å²) in [5.74, 6) is 0.364. The van der Waals surface area contributed by atoms with Crippen molar-refractivity contribution in [1.82, 2.24) is 0 Å². The molecule has 2 aromatic carbocycles. The van der Waals surface area contributed by atoms with Crippen LogP contribution < -0.4 is 9.47 Å². The number of aliphatic hydroxyl groups is 1. The molecule has 0 amide bonds. The van der Waals surface area contributed by atoms with Gasteiger partial charge in [-0.1, -0.05) is 22.0 Å². The Morgan fingerprint density at radius 1 is 1.24 bits per heavy atom. The van der Waals surface area contributed by atoms with Gasteiger partial charge in [0.1, 0.15) is 12.4 Å². The summed E-state index contributed by atoms with van der Waals surface area (Å²) in [4.78, 5) is 0. The molecule has 0 radical (unpaired) electrons. The van der Waals surface area contributed by atoms with Crippen molar-refractivity contribution >= 4 is 15.9 Å². The molecule has 0 aliphatic carbocycles. The highest BCUT2D eigenvalue weighted by Gasteiger charge is 2.09. The van der Waals surface area contributed by atoms with E-state index >= 15 is 0 Å². The molecular formula is C16H16BrFO3. The molecule has 0 aliphatic rings. The zero-order valence-electron chi connectivity index (χ0n) is 11.8. The zero-order chi connectivity index (χ0) is 15.4. The van der Waals surface area contributed by atoms with Gasteiger partial charge in [0, 0.05) is 10.0 Å². The lowest BCUT2D eigenvalue weighted by Gasteiger charge is -2.12. The van der Waals surface area contributed by atoms with Gasteiger partial charge in [-0.2, -0.15) is 0 Å². The van der Waals surface area contributed by atoms with Crippen LogP contribution in [-0.2, 0) is 6.61 Å². The molecule has 0 aliphatic heterocycles. The van der Waals surface area contributed by atoms with E-state index < -0.39 is 11.9 Å². The third-order valence-corrected chi connectivity index (χ3v) is 3.85. The lowest BCUT2D eigenvalue weighted by Crippen LogP contribution is -2.00. The minimum Gasteiger partial charge on any atom is -0.497 e. The van der Waals surface area contributed by atoms with Crippen molar-refractivity contribution in [2.75, 3.05) is 7.11 Å². The Hall–Kier alpha value is -1.59. The molecule has 0 fully saturated rings. The fourth-order valence-electron chi connectivity index (χ4n) is 1.84. The average Bonchev–Trinajstić information content (AvgIpc) is 2.47. The van der Waals surface area contributed by atoms with Crippen LogP contribution in [0.2, 0.25) is 0 Å². The van der Waals surface area contributed by atoms with Crippen LogP contribution in [0.1, 0.15) is 24.2 Å². The van der Waals surface area contributed by atoms with Gasteiger partial charge in [0.25, 0.3) is 0 Å². The van der Waals surface area contributed by atoms with Crippen LogP contribution in [-0.4, -0.2) is 12.2 Å². The van der Waals surface area contributed by atoms with E-state index in [-0.39, 0.29) is 12.4 Å². The predicted octanol–water partition coefficient (Wildman–Crippen LogP) is 4.23. The lowest BCUT2D eigenvalue weighted by atomic mass is 10.1. The summed E-state index contributed by atoms with van der Waals surface area (Å²) in [6, 6.07) is 9.94. The molecule has 0 heterocycles. The molecular weight excluding hydrogens is 339 g/mol. The van der Waals surface area contributed by atoms with Crippen molar-refractivity contribution in [3.8, 4) is 11.5 Å². The number of rotatable bonds is 5. The summed E-state index contributed by atoms with van der Waals surface area (Å²) in [6.45, 7) is 1.80. The predicted molar refractivity (Wildman–Crippen MR) is 82.1 cm³/mol. The Bertz CT molecular complexity index is 629. The SMILES string of the molecule is COc1ccc(Br)c(COc2ccc(C(C)O)cc2F)c1. The van der Waals surface area contributed by atoms with Gasteiger partial charge < -0.3 is 14.6 Å². The molecule has 5 heteroatoms. The molecule has 3 nitrogen and oxygen atoms in total. The van der Waals surface area contributed by atoms with Crippen LogP contribution in [0.5, 0.6) is 11.5 Å². The molecule has 1 unspecified atom stereocenters. The Morgan fingerprint density at radius 2 is 2.00 bits per heavy atom. The van der Waals surface area contributed by atoms with E-state index in [1.54, 1.807) is 20.1 Å². The van der Waals surface area contributed by atoms with E-state index in [9.17, 15) is 9.50 Å². The summed E-state index contributed by atoms with van der Waals surface area (Å²) in [7, 11) is 1.59. The molecule has 1 N–H and O–H groups in total. The normalized spacial score (nSPS) is 12.0. The Labute approximate surface area is 131 Å². The molecule has 0 bridgehead atoms. The summed E-state index contributed by atoms with van der Waals surface area (Å²) in [6.07, 6.45) is -0.707. The molecule has 1 atom stereocenters. The minimum atomic E-state index is -0.707. The van der Waals surface area contributed by atoms with E-state index in [1.807, 2.05) is 18.2 Å². The fourth-order valence-corrected chi connectivity index (χ4v) is 2.20. The molecule has 0 aromatic heterocycles. The van der Waals surface area contributed by atoms with Crippen LogP contribution in [0, 0.1) is 5.82 Å². The second-order valence-electron chi connectivity index (χ2n) is 4.61. The van der Waals surface area contributed by atoms with Crippen molar-refractivity contribution in [3.63, 3.8) is 0 Å². The van der Waals surface area contributed by atoms with Crippen molar-refractivity contribution in [2.45, 2.75) is 19.6 Å². The van der Waals surface area contributed by atoms with Crippen LogP contribution in [0.15, 0.2) is 40.9 Å². The van der Waals surface area contributed by atoms with E-state index in [4.69, 9.17) is 9.47 Å². The molecule has 21 heavy (non-hydrogen) atoms. The van der Waals surface area contributed by atoms with Gasteiger partial charge in [0.15, 0.2) is 11.6 Å². The Kier molecular flexibility index (Phi) is 5.20. The first-order valence-corrected chi connectivity index (χ1v) is 7.23. The van der Waals surface area contributed by atoms with E-state index in [2.05, 4.69) is 15.9 Å². The van der Waals surface area contributed by atoms with Gasteiger partial charge >= 0.3 is 0 Å². The third-order valence-electron chi connectivity index (χ3n) is 3.07. The van der Waals surface area contributed by atoms with Crippen LogP contribution >= 0.6 is 15.9 Å².